The summed E-state index contributed by atoms with van der Waals surface area (Å²) >= 11 is 0. The number of anilines is 2. The van der Waals surface area contributed by atoms with E-state index in [1.807, 2.05) is 6.33 Å². The lowest BCUT2D eigenvalue weighted by molar-refractivity contribution is 0.122. The summed E-state index contributed by atoms with van der Waals surface area (Å²) in [5, 5.41) is 0. The third-order valence-corrected chi connectivity index (χ3v) is 4.95. The van der Waals surface area contributed by atoms with Crippen LogP contribution < -0.4 is 10.6 Å². The summed E-state index contributed by atoms with van der Waals surface area (Å²) in [5.74, 6) is 0.893. The van der Waals surface area contributed by atoms with Gasteiger partial charge in [0.2, 0.25) is 11.9 Å². The molecule has 3 aromatic rings. The van der Waals surface area contributed by atoms with Crippen LogP contribution in [0.25, 0.3) is 22.4 Å². The molecule has 0 aliphatic carbocycles. The Morgan fingerprint density at radius 3 is 2.56 bits per heavy atom. The van der Waals surface area contributed by atoms with Gasteiger partial charge < -0.3 is 24.7 Å². The summed E-state index contributed by atoms with van der Waals surface area (Å²) < 4.78 is 13.1. The first-order chi connectivity index (χ1) is 13.3. The number of nitrogens with two attached hydrogens (primary N) is 1. The van der Waals surface area contributed by atoms with Gasteiger partial charge in [0, 0.05) is 37.7 Å². The molecule has 2 aliphatic heterocycles. The topological polar surface area (TPSA) is 117 Å². The molecule has 140 valence electrons. The lowest BCUT2D eigenvalue weighted by Gasteiger charge is -2.27. The van der Waals surface area contributed by atoms with Crippen molar-refractivity contribution in [3.05, 3.63) is 18.7 Å². The SMILES string of the molecule is Nc1ncc(-c2nc(N3CCOCC3)nc3c2ncn3C2CCOC2)cn1. The van der Waals surface area contributed by atoms with Crippen LogP contribution in [0.15, 0.2) is 18.7 Å². The molecule has 3 aromatic heterocycles. The minimum atomic E-state index is 0.228. The number of morpholine rings is 1. The molecule has 2 saturated heterocycles. The van der Waals surface area contributed by atoms with Crippen LogP contribution in [0.1, 0.15) is 12.5 Å². The van der Waals surface area contributed by atoms with E-state index in [-0.39, 0.29) is 12.0 Å². The van der Waals surface area contributed by atoms with E-state index in [0.717, 1.165) is 42.8 Å². The average molecular weight is 368 g/mol. The summed E-state index contributed by atoms with van der Waals surface area (Å²) in [4.78, 5) is 24.6. The van der Waals surface area contributed by atoms with Gasteiger partial charge in [0.1, 0.15) is 11.2 Å². The summed E-state index contributed by atoms with van der Waals surface area (Å²) in [5.41, 5.74) is 8.64. The first kappa shape index (κ1) is 16.3. The molecule has 5 heterocycles. The highest BCUT2D eigenvalue weighted by Gasteiger charge is 2.24. The lowest BCUT2D eigenvalue weighted by Crippen LogP contribution is -2.37. The number of fused-ring (bicyclic) bond motifs is 1. The Hall–Kier alpha value is -2.85. The Balaban J connectivity index is 1.67. The van der Waals surface area contributed by atoms with Crippen LogP contribution in [-0.4, -0.2) is 69.0 Å². The fraction of sp³-hybridized carbons (Fsp3) is 0.471. The van der Waals surface area contributed by atoms with Gasteiger partial charge in [0.15, 0.2) is 5.65 Å². The second-order valence-electron chi connectivity index (χ2n) is 6.64. The van der Waals surface area contributed by atoms with Gasteiger partial charge in [0.05, 0.1) is 32.2 Å². The van der Waals surface area contributed by atoms with Crippen molar-refractivity contribution >= 4 is 23.1 Å². The van der Waals surface area contributed by atoms with E-state index in [0.29, 0.717) is 31.5 Å². The molecule has 27 heavy (non-hydrogen) atoms. The first-order valence-corrected chi connectivity index (χ1v) is 9.02. The molecule has 2 aliphatic rings. The van der Waals surface area contributed by atoms with Crippen molar-refractivity contribution in [2.24, 2.45) is 0 Å². The predicted molar refractivity (Wildman–Crippen MR) is 98.3 cm³/mol. The number of aromatic nitrogens is 6. The summed E-state index contributed by atoms with van der Waals surface area (Å²) in [6.45, 7) is 4.26. The largest absolute Gasteiger partial charge is 0.379 e. The minimum absolute atomic E-state index is 0.228. The molecule has 2 N–H and O–H groups in total. The molecule has 1 unspecified atom stereocenters. The molecule has 5 rings (SSSR count). The molecular formula is C17H20N8O2. The molecule has 10 nitrogen and oxygen atoms in total. The molecule has 0 bridgehead atoms. The average Bonchev–Trinajstić information content (AvgIpc) is 3.38. The van der Waals surface area contributed by atoms with Crippen molar-refractivity contribution in [3.8, 4) is 11.3 Å². The second-order valence-corrected chi connectivity index (χ2v) is 6.64. The predicted octanol–water partition coefficient (Wildman–Crippen LogP) is 0.663. The lowest BCUT2D eigenvalue weighted by atomic mass is 10.2. The van der Waals surface area contributed by atoms with Crippen molar-refractivity contribution in [3.63, 3.8) is 0 Å². The quantitative estimate of drug-likeness (QED) is 0.711. The summed E-state index contributed by atoms with van der Waals surface area (Å²) in [6, 6.07) is 0.234. The van der Waals surface area contributed by atoms with E-state index >= 15 is 0 Å². The highest BCUT2D eigenvalue weighted by Crippen LogP contribution is 2.30. The Bertz CT molecular complexity index is 945. The highest BCUT2D eigenvalue weighted by atomic mass is 16.5. The molecule has 0 aromatic carbocycles. The van der Waals surface area contributed by atoms with Crippen molar-refractivity contribution in [1.29, 1.82) is 0 Å². The number of ether oxygens (including phenoxy) is 2. The zero-order chi connectivity index (χ0) is 18.2. The van der Waals surface area contributed by atoms with Gasteiger partial charge in [-0.3, -0.25) is 0 Å². The van der Waals surface area contributed by atoms with E-state index in [4.69, 9.17) is 25.2 Å². The maximum Gasteiger partial charge on any atom is 0.228 e. The van der Waals surface area contributed by atoms with Crippen LogP contribution in [0.5, 0.6) is 0 Å². The molecule has 0 radical (unpaired) electrons. The monoisotopic (exact) mass is 368 g/mol. The van der Waals surface area contributed by atoms with Gasteiger partial charge in [-0.2, -0.15) is 4.98 Å². The Morgan fingerprint density at radius 1 is 1.00 bits per heavy atom. The van der Waals surface area contributed by atoms with Crippen molar-refractivity contribution in [2.45, 2.75) is 12.5 Å². The number of imidazole rings is 1. The third kappa shape index (κ3) is 2.96. The summed E-state index contributed by atoms with van der Waals surface area (Å²) in [6.07, 6.45) is 6.11. The number of nitrogen functional groups attached to an aromatic ring is 1. The molecule has 10 heteroatoms. The van der Waals surface area contributed by atoms with Crippen molar-refractivity contribution < 1.29 is 9.47 Å². The van der Waals surface area contributed by atoms with Crippen molar-refractivity contribution in [2.75, 3.05) is 50.2 Å². The Labute approximate surface area is 155 Å². The van der Waals surface area contributed by atoms with Crippen LogP contribution in [0.2, 0.25) is 0 Å². The zero-order valence-electron chi connectivity index (χ0n) is 14.8. The molecule has 1 atom stereocenters. The smallest absolute Gasteiger partial charge is 0.228 e. The van der Waals surface area contributed by atoms with Crippen LogP contribution >= 0.6 is 0 Å². The number of hydrogen-bond donors (Lipinski definition) is 1. The highest BCUT2D eigenvalue weighted by molar-refractivity contribution is 5.88. The van der Waals surface area contributed by atoms with Crippen molar-refractivity contribution in [1.82, 2.24) is 29.5 Å². The maximum atomic E-state index is 5.64. The molecule has 0 saturated carbocycles. The van der Waals surface area contributed by atoms with Gasteiger partial charge in [-0.15, -0.1) is 0 Å². The Morgan fingerprint density at radius 2 is 1.81 bits per heavy atom. The van der Waals surface area contributed by atoms with E-state index in [2.05, 4.69) is 24.4 Å². The molecule has 2 fully saturated rings. The standard InChI is InChI=1S/C17H20N8O2/c18-16-19-7-11(8-20-16)13-14-15(25(10-21-14)12-1-4-27-9-12)23-17(22-13)24-2-5-26-6-3-24/h7-8,10,12H,1-6,9H2,(H2,18,19,20). The molecule has 0 amide bonds. The van der Waals surface area contributed by atoms with Crippen LogP contribution in [0.4, 0.5) is 11.9 Å². The molecular weight excluding hydrogens is 348 g/mol. The van der Waals surface area contributed by atoms with Gasteiger partial charge in [-0.25, -0.2) is 19.9 Å². The minimum Gasteiger partial charge on any atom is -0.379 e. The fourth-order valence-corrected chi connectivity index (χ4v) is 3.48. The molecule has 0 spiro atoms. The van der Waals surface area contributed by atoms with E-state index < -0.39 is 0 Å². The van der Waals surface area contributed by atoms with Crippen LogP contribution in [0.3, 0.4) is 0 Å². The summed E-state index contributed by atoms with van der Waals surface area (Å²) in [7, 11) is 0. The third-order valence-electron chi connectivity index (χ3n) is 4.95. The van der Waals surface area contributed by atoms with Crippen LogP contribution in [0, 0.1) is 0 Å². The van der Waals surface area contributed by atoms with Gasteiger partial charge in [0.25, 0.3) is 0 Å². The zero-order valence-corrected chi connectivity index (χ0v) is 14.8. The van der Waals surface area contributed by atoms with E-state index in [1.54, 1.807) is 12.4 Å². The number of hydrogen-bond acceptors (Lipinski definition) is 9. The van der Waals surface area contributed by atoms with Gasteiger partial charge in [-0.1, -0.05) is 0 Å². The Kier molecular flexibility index (Phi) is 4.06. The number of rotatable bonds is 3. The van der Waals surface area contributed by atoms with Crippen LogP contribution in [-0.2, 0) is 9.47 Å². The van der Waals surface area contributed by atoms with Gasteiger partial charge in [-0.05, 0) is 6.42 Å². The van der Waals surface area contributed by atoms with E-state index in [9.17, 15) is 0 Å². The maximum absolute atomic E-state index is 5.64. The van der Waals surface area contributed by atoms with E-state index in [1.165, 1.54) is 0 Å². The second kappa shape index (κ2) is 6.71. The fourth-order valence-electron chi connectivity index (χ4n) is 3.48. The number of nitrogens with zero attached hydrogens (tertiary/aromatic N) is 7. The normalized spacial score (nSPS) is 20.4. The first-order valence-electron chi connectivity index (χ1n) is 9.02. The van der Waals surface area contributed by atoms with Gasteiger partial charge >= 0.3 is 0 Å².